The number of carboxylic acids is 1. The number of aryl methyl sites for hydroxylation is 1. The Labute approximate surface area is 209 Å². The molecule has 2 aliphatic rings. The van der Waals surface area contributed by atoms with Crippen molar-refractivity contribution in [2.24, 2.45) is 0 Å². The van der Waals surface area contributed by atoms with Gasteiger partial charge in [0.05, 0.1) is 10.7 Å². The molecule has 16 heteroatoms. The summed E-state index contributed by atoms with van der Waals surface area (Å²) in [5, 5.41) is 23.9. The minimum Gasteiger partial charge on any atom is -0.477 e. The topological polar surface area (TPSA) is 130 Å². The number of hydrogen-bond donors (Lipinski definition) is 2. The van der Waals surface area contributed by atoms with Gasteiger partial charge in [-0.3, -0.25) is 19.2 Å². The molecule has 2 aliphatic heterocycles. The number of halogens is 3. The van der Waals surface area contributed by atoms with E-state index < -0.39 is 47.9 Å². The minimum atomic E-state index is -2.89. The minimum absolute atomic E-state index is 0.0933. The molecule has 1 saturated heterocycles. The number of carboxylic acid groups (broad SMARTS) is 1. The van der Waals surface area contributed by atoms with Gasteiger partial charge in [-0.25, -0.2) is 13.6 Å². The number of amides is 2. The summed E-state index contributed by atoms with van der Waals surface area (Å²) in [4.78, 5) is 38.4. The van der Waals surface area contributed by atoms with Gasteiger partial charge in [-0.1, -0.05) is 34.7 Å². The number of thioether (sulfide) groups is 2. The highest BCUT2D eigenvalue weighted by molar-refractivity contribution is 8.01. The van der Waals surface area contributed by atoms with E-state index in [0.29, 0.717) is 21.4 Å². The van der Waals surface area contributed by atoms with Crippen molar-refractivity contribution in [3.8, 4) is 0 Å². The van der Waals surface area contributed by atoms with Gasteiger partial charge in [-0.2, -0.15) is 5.10 Å². The summed E-state index contributed by atoms with van der Waals surface area (Å²) in [6, 6.07) is -0.937. The first kappa shape index (κ1) is 24.9. The van der Waals surface area contributed by atoms with Crippen molar-refractivity contribution in [1.29, 1.82) is 0 Å². The molecule has 0 bridgehead atoms. The molecule has 2 aromatic heterocycles. The molecule has 0 aliphatic carbocycles. The molecular weight excluding hydrogens is 534 g/mol. The molecule has 4 heterocycles. The number of alkyl halides is 2. The third-order valence-corrected chi connectivity index (χ3v) is 8.97. The van der Waals surface area contributed by atoms with Gasteiger partial charge in [-0.15, -0.1) is 22.0 Å². The molecule has 4 rings (SSSR count). The molecule has 182 valence electrons. The Kier molecular flexibility index (Phi) is 7.17. The predicted octanol–water partition coefficient (Wildman–Crippen LogP) is 2.47. The zero-order chi connectivity index (χ0) is 24.7. The van der Waals surface area contributed by atoms with E-state index in [-0.39, 0.29) is 16.4 Å². The number of β-lactam (4-membered cyclic amide) rings is 1. The van der Waals surface area contributed by atoms with E-state index >= 15 is 0 Å². The SMILES string of the molecule is Cc1nnc(SCC2=C(C(=O)O)N3C(=O)[C@@H](NC(=O)Cn4nc(C(F)F)c(Cl)c4C)[C@H]3SC2)s1. The second-order valence-corrected chi connectivity index (χ2v) is 11.2. The van der Waals surface area contributed by atoms with Crippen LogP contribution < -0.4 is 5.32 Å². The average molecular weight is 551 g/mol. The normalized spacial score (nSPS) is 19.9. The van der Waals surface area contributed by atoms with Crippen molar-refractivity contribution in [2.75, 3.05) is 11.5 Å². The standard InChI is InChI=1S/C18H17ClF2N6O4S3/c1-6-10(19)11(14(20)21)25-26(6)3-9(28)22-12-15(29)27-13(17(30)31)8(4-32-16(12)27)5-33-18-24-23-7(2)34-18/h12,14,16H,3-5H2,1-2H3,(H,22,28)(H,30,31)/t12-,16-/m1/s1. The average Bonchev–Trinajstić information content (AvgIpc) is 3.33. The first-order valence-electron chi connectivity index (χ1n) is 9.71. The van der Waals surface area contributed by atoms with Gasteiger partial charge in [0.1, 0.15) is 34.4 Å². The van der Waals surface area contributed by atoms with Gasteiger partial charge in [0.2, 0.25) is 5.91 Å². The van der Waals surface area contributed by atoms with Crippen LogP contribution in [0.15, 0.2) is 15.6 Å². The lowest BCUT2D eigenvalue weighted by molar-refractivity contribution is -0.150. The van der Waals surface area contributed by atoms with Crippen LogP contribution in [0.2, 0.25) is 5.02 Å². The fourth-order valence-electron chi connectivity index (χ4n) is 3.48. The van der Waals surface area contributed by atoms with E-state index in [4.69, 9.17) is 11.6 Å². The van der Waals surface area contributed by atoms with Crippen molar-refractivity contribution in [3.63, 3.8) is 0 Å². The Morgan fingerprint density at radius 2 is 2.09 bits per heavy atom. The third kappa shape index (κ3) is 4.65. The fraction of sp³-hybridized carbons (Fsp3) is 0.444. The van der Waals surface area contributed by atoms with Crippen LogP contribution in [0.4, 0.5) is 8.78 Å². The molecule has 2 amide bonds. The van der Waals surface area contributed by atoms with Crippen LogP contribution >= 0.6 is 46.5 Å². The number of nitrogens with one attached hydrogen (secondary N) is 1. The largest absolute Gasteiger partial charge is 0.477 e. The van der Waals surface area contributed by atoms with Crippen molar-refractivity contribution >= 4 is 64.2 Å². The smallest absolute Gasteiger partial charge is 0.352 e. The summed E-state index contributed by atoms with van der Waals surface area (Å²) in [5.41, 5.74) is 0.0611. The summed E-state index contributed by atoms with van der Waals surface area (Å²) in [5.74, 6) is -1.72. The number of nitrogens with zero attached hydrogens (tertiary/aromatic N) is 5. The number of rotatable bonds is 8. The lowest BCUT2D eigenvalue weighted by Crippen LogP contribution is -2.70. The summed E-state index contributed by atoms with van der Waals surface area (Å²) in [6.07, 6.45) is -2.89. The zero-order valence-electron chi connectivity index (χ0n) is 17.6. The van der Waals surface area contributed by atoms with Crippen LogP contribution in [0.5, 0.6) is 0 Å². The summed E-state index contributed by atoms with van der Waals surface area (Å²) < 4.78 is 27.7. The summed E-state index contributed by atoms with van der Waals surface area (Å²) in [6.45, 7) is 2.86. The number of aliphatic carboxylic acids is 1. The van der Waals surface area contributed by atoms with E-state index in [1.54, 1.807) is 0 Å². The van der Waals surface area contributed by atoms with E-state index in [0.717, 1.165) is 9.69 Å². The Balaban J connectivity index is 1.43. The molecule has 2 aromatic rings. The van der Waals surface area contributed by atoms with Crippen molar-refractivity contribution in [2.45, 2.75) is 42.6 Å². The summed E-state index contributed by atoms with van der Waals surface area (Å²) in [7, 11) is 0. The summed E-state index contributed by atoms with van der Waals surface area (Å²) >= 11 is 9.92. The van der Waals surface area contributed by atoms with Crippen molar-refractivity contribution < 1.29 is 28.3 Å². The van der Waals surface area contributed by atoms with Gasteiger partial charge < -0.3 is 10.4 Å². The quantitative estimate of drug-likeness (QED) is 0.376. The third-order valence-electron chi connectivity index (χ3n) is 5.10. The maximum absolute atomic E-state index is 13.0. The van der Waals surface area contributed by atoms with Crippen LogP contribution in [-0.4, -0.2) is 70.7 Å². The first-order chi connectivity index (χ1) is 16.1. The molecule has 1 fully saturated rings. The highest BCUT2D eigenvalue weighted by Gasteiger charge is 2.54. The van der Waals surface area contributed by atoms with Gasteiger partial charge in [0, 0.05) is 11.5 Å². The predicted molar refractivity (Wildman–Crippen MR) is 122 cm³/mol. The molecule has 0 spiro atoms. The van der Waals surface area contributed by atoms with Crippen LogP contribution in [0.25, 0.3) is 0 Å². The molecule has 0 radical (unpaired) electrons. The monoisotopic (exact) mass is 550 g/mol. The van der Waals surface area contributed by atoms with E-state index in [1.165, 1.54) is 46.7 Å². The number of fused-ring (bicyclic) bond motifs is 1. The highest BCUT2D eigenvalue weighted by atomic mass is 35.5. The van der Waals surface area contributed by atoms with Crippen LogP contribution in [0.1, 0.15) is 22.8 Å². The molecule has 0 aromatic carbocycles. The molecule has 0 saturated carbocycles. The molecular formula is C18H17ClF2N6O4S3. The van der Waals surface area contributed by atoms with Gasteiger partial charge >= 0.3 is 5.97 Å². The van der Waals surface area contributed by atoms with Gasteiger partial charge in [0.25, 0.3) is 12.3 Å². The molecule has 34 heavy (non-hydrogen) atoms. The Bertz CT molecular complexity index is 1200. The van der Waals surface area contributed by atoms with Crippen molar-refractivity contribution in [3.05, 3.63) is 32.7 Å². The second kappa shape index (κ2) is 9.79. The maximum atomic E-state index is 13.0. The molecule has 10 nitrogen and oxygen atoms in total. The zero-order valence-corrected chi connectivity index (χ0v) is 20.8. The Morgan fingerprint density at radius 1 is 1.35 bits per heavy atom. The molecule has 2 N–H and O–H groups in total. The first-order valence-corrected chi connectivity index (χ1v) is 12.9. The number of hydrogen-bond acceptors (Lipinski definition) is 9. The van der Waals surface area contributed by atoms with Crippen LogP contribution in [-0.2, 0) is 20.9 Å². The molecule has 0 unspecified atom stereocenters. The fourth-order valence-corrected chi connectivity index (χ4v) is 6.99. The lowest BCUT2D eigenvalue weighted by atomic mass is 10.0. The number of carbonyl (C=O) groups is 3. The molecule has 2 atom stereocenters. The van der Waals surface area contributed by atoms with Gasteiger partial charge in [-0.05, 0) is 19.4 Å². The van der Waals surface area contributed by atoms with E-state index in [9.17, 15) is 28.3 Å². The van der Waals surface area contributed by atoms with E-state index in [2.05, 4.69) is 20.6 Å². The maximum Gasteiger partial charge on any atom is 0.352 e. The van der Waals surface area contributed by atoms with Crippen LogP contribution in [0, 0.1) is 13.8 Å². The number of carbonyl (C=O) groups excluding carboxylic acids is 2. The van der Waals surface area contributed by atoms with Gasteiger partial charge in [0.15, 0.2) is 4.34 Å². The van der Waals surface area contributed by atoms with Crippen LogP contribution in [0.3, 0.4) is 0 Å². The Hall–Kier alpha value is -2.23. The van der Waals surface area contributed by atoms with E-state index in [1.807, 2.05) is 6.92 Å². The Morgan fingerprint density at radius 3 is 2.68 bits per heavy atom. The van der Waals surface area contributed by atoms with Crippen molar-refractivity contribution in [1.82, 2.24) is 30.2 Å². The lowest BCUT2D eigenvalue weighted by Gasteiger charge is -2.49. The second-order valence-electron chi connectivity index (χ2n) is 7.33. The number of aromatic nitrogens is 4. The highest BCUT2D eigenvalue weighted by Crippen LogP contribution is 2.41.